The molecule has 0 spiro atoms. The van der Waals surface area contributed by atoms with Crippen LogP contribution in [0.1, 0.15) is 60.1 Å². The molecule has 0 saturated heterocycles. The van der Waals surface area contributed by atoms with Crippen molar-refractivity contribution in [2.75, 3.05) is 5.32 Å². The lowest BCUT2D eigenvalue weighted by Gasteiger charge is -2.19. The monoisotopic (exact) mass is 418 g/mol. The van der Waals surface area contributed by atoms with Crippen molar-refractivity contribution in [2.24, 2.45) is 9.50 Å². The molecule has 0 fully saturated rings. The van der Waals surface area contributed by atoms with Crippen LogP contribution >= 0.6 is 0 Å². The second kappa shape index (κ2) is 6.88. The van der Waals surface area contributed by atoms with Crippen molar-refractivity contribution in [3.8, 4) is 0 Å². The van der Waals surface area contributed by atoms with Gasteiger partial charge in [0.2, 0.25) is 0 Å². The molecule has 3 heterocycles. The van der Waals surface area contributed by atoms with E-state index < -0.39 is 22.1 Å². The summed E-state index contributed by atoms with van der Waals surface area (Å²) < 4.78 is 32.7. The van der Waals surface area contributed by atoms with Gasteiger partial charge in [-0.25, -0.2) is 18.5 Å². The minimum Gasteiger partial charge on any atom is -0.305 e. The first-order chi connectivity index (χ1) is 13.9. The van der Waals surface area contributed by atoms with E-state index in [1.54, 1.807) is 0 Å². The van der Waals surface area contributed by atoms with Crippen LogP contribution in [0.5, 0.6) is 0 Å². The standard InChI is InChI=1S/C19H23FN6O2S/c20-13-6-3-9-26-18(13)16(10-22-26)29(21,28)25-19(27)24-17-11-4-1-7-14(11)23-15-8-2-5-12(15)17/h10,13H,1-9H2,(H3,21,23,24,25,27,28). The topological polar surface area (TPSA) is 115 Å². The molecule has 2 atom stereocenters. The second-order valence-corrected chi connectivity index (χ2v) is 9.62. The van der Waals surface area contributed by atoms with Crippen molar-refractivity contribution < 1.29 is 13.4 Å². The molecule has 2 unspecified atom stereocenters. The molecule has 2 aromatic rings. The van der Waals surface area contributed by atoms with E-state index in [0.717, 1.165) is 66.7 Å². The SMILES string of the molecule is NS(=O)(=NC(=O)Nc1c2c(nc3c1CCC3)CCC2)c1cnn2c1C(F)CCC2. The van der Waals surface area contributed by atoms with Gasteiger partial charge in [0.05, 0.1) is 17.6 Å². The van der Waals surface area contributed by atoms with Crippen LogP contribution in [0.4, 0.5) is 14.9 Å². The van der Waals surface area contributed by atoms with Gasteiger partial charge in [-0.1, -0.05) is 0 Å². The highest BCUT2D eigenvalue weighted by Gasteiger charge is 2.30. The third-order valence-electron chi connectivity index (χ3n) is 5.99. The van der Waals surface area contributed by atoms with E-state index in [2.05, 4.69) is 14.8 Å². The number of fused-ring (bicyclic) bond motifs is 3. The van der Waals surface area contributed by atoms with Crippen LogP contribution in [0.3, 0.4) is 0 Å². The third-order valence-corrected chi connectivity index (χ3v) is 7.37. The number of aromatic nitrogens is 3. The highest BCUT2D eigenvalue weighted by atomic mass is 32.2. The van der Waals surface area contributed by atoms with Gasteiger partial charge in [-0.3, -0.25) is 9.67 Å². The lowest BCUT2D eigenvalue weighted by molar-refractivity contribution is 0.255. The van der Waals surface area contributed by atoms with E-state index in [0.29, 0.717) is 19.4 Å². The number of alkyl halides is 1. The fourth-order valence-electron chi connectivity index (χ4n) is 4.69. The van der Waals surface area contributed by atoms with Gasteiger partial charge in [0.25, 0.3) is 0 Å². The first-order valence-electron chi connectivity index (χ1n) is 10.0. The predicted molar refractivity (Wildman–Crippen MR) is 106 cm³/mol. The maximum Gasteiger partial charge on any atom is 0.354 e. The molecule has 0 radical (unpaired) electrons. The zero-order valence-corrected chi connectivity index (χ0v) is 16.8. The Morgan fingerprint density at radius 2 is 1.90 bits per heavy atom. The second-order valence-electron chi connectivity index (χ2n) is 7.86. The molecule has 8 nitrogen and oxygen atoms in total. The van der Waals surface area contributed by atoms with Gasteiger partial charge in [-0.15, -0.1) is 4.36 Å². The number of nitrogens with two attached hydrogens (primary N) is 1. The van der Waals surface area contributed by atoms with E-state index in [1.807, 2.05) is 0 Å². The van der Waals surface area contributed by atoms with Gasteiger partial charge in [-0.05, 0) is 62.5 Å². The number of urea groups is 1. The van der Waals surface area contributed by atoms with Crippen molar-refractivity contribution in [3.63, 3.8) is 0 Å². The summed E-state index contributed by atoms with van der Waals surface area (Å²) in [7, 11) is -3.61. The lowest BCUT2D eigenvalue weighted by Crippen LogP contribution is -2.22. The first-order valence-corrected chi connectivity index (χ1v) is 11.6. The molecule has 3 N–H and O–H groups in total. The van der Waals surface area contributed by atoms with E-state index in [1.165, 1.54) is 10.9 Å². The van der Waals surface area contributed by atoms with Crippen LogP contribution in [0.15, 0.2) is 15.5 Å². The van der Waals surface area contributed by atoms with Crippen LogP contribution in [0.25, 0.3) is 0 Å². The van der Waals surface area contributed by atoms with Crippen LogP contribution in [0, 0.1) is 0 Å². The number of nitrogens with one attached hydrogen (secondary N) is 1. The summed E-state index contributed by atoms with van der Waals surface area (Å²) in [6, 6.07) is -0.780. The summed E-state index contributed by atoms with van der Waals surface area (Å²) in [6.45, 7) is 0.534. The van der Waals surface area contributed by atoms with Gasteiger partial charge in [-0.2, -0.15) is 5.10 Å². The highest BCUT2D eigenvalue weighted by molar-refractivity contribution is 7.91. The molecular weight excluding hydrogens is 395 g/mol. The first kappa shape index (κ1) is 18.7. The van der Waals surface area contributed by atoms with E-state index in [4.69, 9.17) is 10.1 Å². The number of rotatable bonds is 2. The van der Waals surface area contributed by atoms with Gasteiger partial charge < -0.3 is 5.32 Å². The number of anilines is 1. The lowest BCUT2D eigenvalue weighted by atomic mass is 10.1. The number of hydrogen-bond acceptors (Lipinski definition) is 4. The van der Waals surface area contributed by atoms with Crippen LogP contribution in [-0.2, 0) is 42.1 Å². The fraction of sp³-hybridized carbons (Fsp3) is 0.526. The number of halogens is 1. The van der Waals surface area contributed by atoms with Crippen molar-refractivity contribution in [1.82, 2.24) is 14.8 Å². The van der Waals surface area contributed by atoms with Crippen molar-refractivity contribution >= 4 is 21.6 Å². The Balaban J connectivity index is 1.50. The molecule has 0 saturated carbocycles. The summed E-state index contributed by atoms with van der Waals surface area (Å²) in [5.41, 5.74) is 5.07. The average molecular weight is 418 g/mol. The number of carbonyl (C=O) groups is 1. The van der Waals surface area contributed by atoms with Crippen LogP contribution in [-0.4, -0.2) is 25.0 Å². The predicted octanol–water partition coefficient (Wildman–Crippen LogP) is 2.99. The summed E-state index contributed by atoms with van der Waals surface area (Å²) in [4.78, 5) is 17.5. The Bertz CT molecular complexity index is 1100. The number of carbonyl (C=O) groups excluding carboxylic acids is 1. The summed E-state index contributed by atoms with van der Waals surface area (Å²) in [6.07, 6.45) is 6.43. The maximum atomic E-state index is 14.4. The quantitative estimate of drug-likeness (QED) is 0.780. The molecule has 154 valence electrons. The molecule has 2 aliphatic carbocycles. The Hall–Kier alpha value is -2.33. The number of aryl methyl sites for hydroxylation is 3. The molecule has 3 aliphatic rings. The van der Waals surface area contributed by atoms with Gasteiger partial charge in [0.1, 0.15) is 21.0 Å². The van der Waals surface area contributed by atoms with Crippen molar-refractivity contribution in [3.05, 3.63) is 34.4 Å². The zero-order valence-electron chi connectivity index (χ0n) is 16.0. The summed E-state index contributed by atoms with van der Waals surface area (Å²) >= 11 is 0. The molecule has 0 bridgehead atoms. The molecule has 1 aliphatic heterocycles. The largest absolute Gasteiger partial charge is 0.354 e. The van der Waals surface area contributed by atoms with Crippen molar-refractivity contribution in [1.29, 1.82) is 0 Å². The normalized spacial score (nSPS) is 21.8. The minimum atomic E-state index is -3.61. The maximum absolute atomic E-state index is 14.4. The van der Waals surface area contributed by atoms with Crippen LogP contribution < -0.4 is 10.5 Å². The Morgan fingerprint density at radius 3 is 2.59 bits per heavy atom. The highest BCUT2D eigenvalue weighted by Crippen LogP contribution is 2.37. The molecule has 2 amide bonds. The molecule has 2 aromatic heterocycles. The van der Waals surface area contributed by atoms with Gasteiger partial charge >= 0.3 is 6.03 Å². The molecule has 10 heteroatoms. The average Bonchev–Trinajstić information content (AvgIpc) is 3.40. The Kier molecular flexibility index (Phi) is 4.43. The Labute approximate surface area is 168 Å². The van der Waals surface area contributed by atoms with Crippen LogP contribution in [0.2, 0.25) is 0 Å². The fourth-order valence-corrected chi connectivity index (χ4v) is 5.81. The zero-order chi connectivity index (χ0) is 20.2. The number of pyridine rings is 1. The summed E-state index contributed by atoms with van der Waals surface area (Å²) in [5.74, 6) is 0. The molecule has 5 rings (SSSR count). The van der Waals surface area contributed by atoms with Gasteiger partial charge in [0, 0.05) is 17.9 Å². The molecule has 0 aromatic carbocycles. The van der Waals surface area contributed by atoms with Gasteiger partial charge in [0.15, 0.2) is 0 Å². The molecular formula is C19H23FN6O2S. The number of nitrogens with zero attached hydrogens (tertiary/aromatic N) is 4. The summed E-state index contributed by atoms with van der Waals surface area (Å²) in [5, 5.41) is 12.8. The van der Waals surface area contributed by atoms with E-state index in [-0.39, 0.29) is 10.6 Å². The molecule has 29 heavy (non-hydrogen) atoms. The van der Waals surface area contributed by atoms with Crippen molar-refractivity contribution in [2.45, 2.75) is 69.0 Å². The minimum absolute atomic E-state index is 0.00466. The smallest absolute Gasteiger partial charge is 0.305 e. The Morgan fingerprint density at radius 1 is 1.21 bits per heavy atom. The van der Waals surface area contributed by atoms with E-state index in [9.17, 15) is 13.4 Å². The van der Waals surface area contributed by atoms with E-state index >= 15 is 0 Å². The number of hydrogen-bond donors (Lipinski definition) is 2. The number of amides is 2. The third kappa shape index (κ3) is 3.14.